The fourth-order valence-electron chi connectivity index (χ4n) is 5.66. The van der Waals surface area contributed by atoms with Crippen molar-refractivity contribution in [2.24, 2.45) is 0 Å². The second-order valence-corrected chi connectivity index (χ2v) is 12.8. The Balaban J connectivity index is 0.00000294. The van der Waals surface area contributed by atoms with Gasteiger partial charge in [-0.3, -0.25) is 9.59 Å². The van der Waals surface area contributed by atoms with E-state index in [2.05, 4.69) is 35.8 Å². The topological polar surface area (TPSA) is 98.4 Å². The number of anilines is 1. The van der Waals surface area contributed by atoms with Crippen LogP contribution in [-0.4, -0.2) is 64.9 Å². The van der Waals surface area contributed by atoms with Gasteiger partial charge >= 0.3 is 0 Å². The van der Waals surface area contributed by atoms with E-state index in [1.165, 1.54) is 0 Å². The van der Waals surface area contributed by atoms with E-state index in [9.17, 15) is 13.8 Å². The lowest BCUT2D eigenvalue weighted by Crippen LogP contribution is -2.39. The zero-order valence-corrected chi connectivity index (χ0v) is 25.8. The number of Topliss-reactive ketones (excluding diaryl/α,β-unsaturated/α-hetero) is 1. The molecule has 2 fully saturated rings. The molecule has 0 spiro atoms. The van der Waals surface area contributed by atoms with Crippen molar-refractivity contribution in [1.82, 2.24) is 4.31 Å². The van der Waals surface area contributed by atoms with Crippen molar-refractivity contribution >= 4 is 33.1 Å². The molecule has 40 heavy (non-hydrogen) atoms. The predicted molar refractivity (Wildman–Crippen MR) is 167 cm³/mol. The van der Waals surface area contributed by atoms with Gasteiger partial charge in [0, 0.05) is 64.9 Å². The molecule has 2 aliphatic rings. The van der Waals surface area contributed by atoms with Crippen LogP contribution >= 0.6 is 11.3 Å². The van der Waals surface area contributed by atoms with Crippen LogP contribution in [0.25, 0.3) is 0 Å². The first-order valence-corrected chi connectivity index (χ1v) is 16.1. The zero-order valence-electron chi connectivity index (χ0n) is 24.1. The molecular formula is C31H44N2O5S2. The normalized spacial score (nSPS) is 17.2. The van der Waals surface area contributed by atoms with Gasteiger partial charge in [0.05, 0.1) is 21.6 Å². The number of hydrogen-bond acceptors (Lipinski definition) is 6. The summed E-state index contributed by atoms with van der Waals surface area (Å²) in [6.45, 7) is 11.9. The van der Waals surface area contributed by atoms with Gasteiger partial charge in [-0.05, 0) is 94.0 Å². The molecule has 1 aromatic carbocycles. The molecule has 0 amide bonds. The van der Waals surface area contributed by atoms with Crippen LogP contribution in [-0.2, 0) is 22.1 Å². The van der Waals surface area contributed by atoms with Gasteiger partial charge in [0.2, 0.25) is 11.2 Å². The Morgan fingerprint density at radius 3 is 2.50 bits per heavy atom. The van der Waals surface area contributed by atoms with Gasteiger partial charge in [0.25, 0.3) is 0 Å². The summed E-state index contributed by atoms with van der Waals surface area (Å²) in [6, 6.07) is 7.81. The molecule has 0 radical (unpaired) electrons. The smallest absolute Gasteiger partial charge is 0.237 e. The summed E-state index contributed by atoms with van der Waals surface area (Å²) in [5.74, 6) is 5.93. The van der Waals surface area contributed by atoms with Crippen molar-refractivity contribution in [1.29, 1.82) is 0 Å². The van der Waals surface area contributed by atoms with E-state index in [-0.39, 0.29) is 31.9 Å². The highest BCUT2D eigenvalue weighted by atomic mass is 32.2. The Bertz CT molecular complexity index is 1360. The van der Waals surface area contributed by atoms with Gasteiger partial charge in [-0.2, -0.15) is 0 Å². The average Bonchev–Trinajstić information content (AvgIpc) is 3.21. The minimum absolute atomic E-state index is 0. The Hall–Kier alpha value is -2.53. The van der Waals surface area contributed by atoms with Crippen LogP contribution in [0.4, 0.5) is 5.00 Å². The van der Waals surface area contributed by atoms with Crippen LogP contribution in [0.1, 0.15) is 78.9 Å². The number of hydrogen-bond donors (Lipinski definition) is 0. The monoisotopic (exact) mass is 588 g/mol. The van der Waals surface area contributed by atoms with E-state index in [1.807, 2.05) is 31.1 Å². The quantitative estimate of drug-likeness (QED) is 0.274. The second kappa shape index (κ2) is 14.4. The standard InChI is InChI=1S/C31H38N2O4S2.H2O.2H2/c1-6-33(25-14-18-37-19-15-25)31-23(4)29(30(38-31)24-12-16-32(17-13-24)39(5)36)28(35)9-7-8-26-22(3)20-21(2)10-11-27(26)34;;;/h20,24-25H,6,8,12-19H2,1-5H3;1H2;2*1H. The molecule has 2 saturated heterocycles. The van der Waals surface area contributed by atoms with Gasteiger partial charge in [-0.25, -0.2) is 8.51 Å². The van der Waals surface area contributed by atoms with Gasteiger partial charge in [0.1, 0.15) is 0 Å². The van der Waals surface area contributed by atoms with E-state index in [0.29, 0.717) is 11.6 Å². The number of aryl methyl sites for hydroxylation is 2. The average molecular weight is 589 g/mol. The number of ether oxygens (including phenoxy) is 1. The molecule has 0 bridgehead atoms. The third-order valence-electron chi connectivity index (χ3n) is 7.82. The van der Waals surface area contributed by atoms with Crippen LogP contribution in [0.15, 0.2) is 10.9 Å². The Morgan fingerprint density at radius 1 is 1.20 bits per heavy atom. The molecule has 1 aromatic heterocycles. The molecule has 2 aliphatic heterocycles. The molecule has 1 atom stereocenters. The highest BCUT2D eigenvalue weighted by Crippen LogP contribution is 2.44. The zero-order chi connectivity index (χ0) is 28.1. The molecule has 0 aliphatic carbocycles. The largest absolute Gasteiger partial charge is 0.412 e. The molecule has 0 saturated carbocycles. The van der Waals surface area contributed by atoms with E-state index in [1.54, 1.807) is 17.6 Å². The van der Waals surface area contributed by atoms with Crippen molar-refractivity contribution in [3.05, 3.63) is 61.1 Å². The third-order valence-corrected chi connectivity index (χ3v) is 10.4. The Morgan fingerprint density at radius 2 is 1.88 bits per heavy atom. The minimum atomic E-state index is -0.983. The lowest BCUT2D eigenvalue weighted by Gasteiger charge is -2.35. The van der Waals surface area contributed by atoms with Crippen molar-refractivity contribution in [3.63, 3.8) is 0 Å². The summed E-state index contributed by atoms with van der Waals surface area (Å²) >= 11 is 1.73. The summed E-state index contributed by atoms with van der Waals surface area (Å²) in [7, 11) is -0.983. The van der Waals surface area contributed by atoms with Crippen molar-refractivity contribution in [3.8, 4) is 11.8 Å². The summed E-state index contributed by atoms with van der Waals surface area (Å²) in [5, 5.41) is 1.15. The number of rotatable bonds is 7. The number of ketones is 1. The van der Waals surface area contributed by atoms with E-state index in [4.69, 9.17) is 4.74 Å². The molecule has 7 nitrogen and oxygen atoms in total. The van der Waals surface area contributed by atoms with Crippen LogP contribution in [0.3, 0.4) is 0 Å². The van der Waals surface area contributed by atoms with Gasteiger partial charge < -0.3 is 15.1 Å². The maximum atomic E-state index is 13.7. The maximum absolute atomic E-state index is 13.7. The van der Waals surface area contributed by atoms with E-state index < -0.39 is 11.0 Å². The van der Waals surface area contributed by atoms with Crippen LogP contribution in [0.5, 0.6) is 0 Å². The molecule has 220 valence electrons. The lowest BCUT2D eigenvalue weighted by atomic mass is 9.91. The fourth-order valence-corrected chi connectivity index (χ4v) is 7.99. The summed E-state index contributed by atoms with van der Waals surface area (Å²) in [5.41, 5.74) is 3.72. The summed E-state index contributed by atoms with van der Waals surface area (Å²) < 4.78 is 19.6. The molecule has 4 rings (SSSR count). The number of thiophene rings is 1. The molecule has 2 aromatic rings. The maximum Gasteiger partial charge on any atom is 0.237 e. The SMILES string of the molecule is CCN(c1sc(C2CCN(S(C)=O)CC2)c(C(=O)C#CCc2c(C)cc(C)c#cc2=O)c1C)C1CCOCC1.O.[HH].[HH]. The van der Waals surface area contributed by atoms with Crippen LogP contribution in [0.2, 0.25) is 0 Å². The predicted octanol–water partition coefficient (Wildman–Crippen LogP) is 4.21. The minimum Gasteiger partial charge on any atom is -0.412 e. The summed E-state index contributed by atoms with van der Waals surface area (Å²) in [4.78, 5) is 29.8. The molecular weight excluding hydrogens is 544 g/mol. The third kappa shape index (κ3) is 7.21. The highest BCUT2D eigenvalue weighted by Gasteiger charge is 2.32. The number of piperidine rings is 1. The number of carbonyl (C=O) groups is 1. The highest BCUT2D eigenvalue weighted by molar-refractivity contribution is 7.81. The van der Waals surface area contributed by atoms with E-state index >= 15 is 0 Å². The lowest BCUT2D eigenvalue weighted by molar-refractivity contribution is 0.0847. The van der Waals surface area contributed by atoms with Crippen molar-refractivity contribution < 1.29 is 22.1 Å². The first kappa shape index (κ1) is 32.0. The molecule has 1 unspecified atom stereocenters. The van der Waals surface area contributed by atoms with Crippen molar-refractivity contribution in [2.75, 3.05) is 44.0 Å². The number of nitrogens with zero attached hydrogens (tertiary/aromatic N) is 2. The van der Waals surface area contributed by atoms with E-state index in [0.717, 1.165) is 90.7 Å². The van der Waals surface area contributed by atoms with Gasteiger partial charge in [-0.15, -0.1) is 11.3 Å². The number of carbonyl (C=O) groups excluding carboxylic acids is 1. The molecule has 9 heteroatoms. The fraction of sp³-hybridized carbons (Fsp3) is 0.548. The van der Waals surface area contributed by atoms with Crippen LogP contribution in [0, 0.1) is 44.7 Å². The first-order valence-electron chi connectivity index (χ1n) is 13.7. The van der Waals surface area contributed by atoms with Gasteiger partial charge in [0.15, 0.2) is 0 Å². The van der Waals surface area contributed by atoms with Gasteiger partial charge in [-0.1, -0.05) is 12.0 Å². The Kier molecular flexibility index (Phi) is 11.5. The molecule has 2 N–H and O–H groups in total. The van der Waals surface area contributed by atoms with Crippen LogP contribution < -0.4 is 10.3 Å². The molecule has 3 heterocycles. The Labute approximate surface area is 247 Å². The summed E-state index contributed by atoms with van der Waals surface area (Å²) in [6.07, 6.45) is 5.60. The first-order chi connectivity index (χ1) is 18.7. The van der Waals surface area contributed by atoms with Crippen molar-refractivity contribution in [2.45, 2.75) is 71.8 Å². The second-order valence-electron chi connectivity index (χ2n) is 10.4.